The maximum Gasteiger partial charge on any atom is 0.338 e. The molecule has 20 heavy (non-hydrogen) atoms. The first-order chi connectivity index (χ1) is 9.76. The first-order valence-corrected chi connectivity index (χ1v) is 7.37. The van der Waals surface area contributed by atoms with E-state index >= 15 is 0 Å². The molecule has 1 aliphatic carbocycles. The van der Waals surface area contributed by atoms with Crippen molar-refractivity contribution in [2.24, 2.45) is 0 Å². The third-order valence-electron chi connectivity index (χ3n) is 4.24. The molecule has 0 aromatic heterocycles. The lowest BCUT2D eigenvalue weighted by Crippen LogP contribution is -2.29. The van der Waals surface area contributed by atoms with E-state index in [0.29, 0.717) is 5.56 Å². The van der Waals surface area contributed by atoms with Gasteiger partial charge in [0.15, 0.2) is 0 Å². The van der Waals surface area contributed by atoms with E-state index in [9.17, 15) is 4.79 Å². The molecule has 108 valence electrons. The van der Waals surface area contributed by atoms with Crippen molar-refractivity contribution in [3.05, 3.63) is 29.3 Å². The molecule has 0 radical (unpaired) electrons. The van der Waals surface area contributed by atoms with Gasteiger partial charge in [-0.2, -0.15) is 0 Å². The Hall–Kier alpha value is -1.55. The molecule has 1 heterocycles. The van der Waals surface area contributed by atoms with Gasteiger partial charge in [0, 0.05) is 25.8 Å². The van der Waals surface area contributed by atoms with Crippen LogP contribution in [0.2, 0.25) is 0 Å². The second-order valence-corrected chi connectivity index (χ2v) is 5.60. The van der Waals surface area contributed by atoms with E-state index in [2.05, 4.69) is 5.32 Å². The molecule has 1 aromatic rings. The van der Waals surface area contributed by atoms with E-state index in [-0.39, 0.29) is 18.2 Å². The zero-order valence-electron chi connectivity index (χ0n) is 11.9. The summed E-state index contributed by atoms with van der Waals surface area (Å²) >= 11 is 0. The third kappa shape index (κ3) is 2.80. The molecule has 4 heteroatoms. The minimum Gasteiger partial charge on any atom is -0.459 e. The molecule has 1 fully saturated rings. The number of carbonyl (C=O) groups is 1. The normalized spacial score (nSPS) is 24.9. The van der Waals surface area contributed by atoms with Gasteiger partial charge >= 0.3 is 5.97 Å². The highest BCUT2D eigenvalue weighted by Crippen LogP contribution is 2.26. The van der Waals surface area contributed by atoms with E-state index in [1.807, 2.05) is 18.2 Å². The molecule has 0 saturated heterocycles. The van der Waals surface area contributed by atoms with Crippen LogP contribution in [0.4, 0.5) is 5.69 Å². The van der Waals surface area contributed by atoms with Crippen LogP contribution in [0.3, 0.4) is 0 Å². The molecule has 0 spiro atoms. The average molecular weight is 275 g/mol. The maximum atomic E-state index is 12.2. The molecule has 1 aliphatic heterocycles. The summed E-state index contributed by atoms with van der Waals surface area (Å²) in [4.78, 5) is 12.2. The number of rotatable bonds is 3. The molecule has 1 N–H and O–H groups in total. The van der Waals surface area contributed by atoms with Crippen molar-refractivity contribution in [2.45, 2.75) is 44.3 Å². The Balaban J connectivity index is 1.64. The lowest BCUT2D eigenvalue weighted by atomic mass is 9.95. The van der Waals surface area contributed by atoms with Crippen molar-refractivity contribution in [2.75, 3.05) is 19.0 Å². The first kappa shape index (κ1) is 13.4. The highest BCUT2D eigenvalue weighted by molar-refractivity contribution is 5.90. The van der Waals surface area contributed by atoms with Gasteiger partial charge in [-0.05, 0) is 49.4 Å². The van der Waals surface area contributed by atoms with Crippen molar-refractivity contribution in [3.8, 4) is 0 Å². The summed E-state index contributed by atoms with van der Waals surface area (Å²) in [6.07, 6.45) is 5.08. The average Bonchev–Trinajstić information content (AvgIpc) is 2.94. The molecule has 2 atom stereocenters. The molecule has 2 aliphatic rings. The SMILES string of the molecule is COC1CCCC(OC(=O)c2ccc3c(c2)CCN3)C1. The van der Waals surface area contributed by atoms with Crippen LogP contribution in [0, 0.1) is 0 Å². The molecule has 4 nitrogen and oxygen atoms in total. The Morgan fingerprint density at radius 3 is 3.00 bits per heavy atom. The number of benzene rings is 1. The molecule has 0 amide bonds. The van der Waals surface area contributed by atoms with Gasteiger partial charge in [-0.25, -0.2) is 4.79 Å². The Morgan fingerprint density at radius 2 is 2.15 bits per heavy atom. The first-order valence-electron chi connectivity index (χ1n) is 7.37. The molecule has 1 saturated carbocycles. The Bertz CT molecular complexity index is 500. The summed E-state index contributed by atoms with van der Waals surface area (Å²) in [5, 5.41) is 3.29. The molecule has 3 rings (SSSR count). The number of ether oxygens (including phenoxy) is 2. The van der Waals surface area contributed by atoms with Crippen LogP contribution in [-0.4, -0.2) is 31.8 Å². The van der Waals surface area contributed by atoms with Crippen LogP contribution in [0.1, 0.15) is 41.6 Å². The van der Waals surface area contributed by atoms with Gasteiger partial charge in [0.05, 0.1) is 11.7 Å². The number of anilines is 1. The van der Waals surface area contributed by atoms with E-state index in [1.165, 1.54) is 5.56 Å². The molecule has 1 aromatic carbocycles. The zero-order valence-corrected chi connectivity index (χ0v) is 11.9. The van der Waals surface area contributed by atoms with E-state index in [0.717, 1.165) is 44.3 Å². The fraction of sp³-hybridized carbons (Fsp3) is 0.562. The van der Waals surface area contributed by atoms with E-state index in [4.69, 9.17) is 9.47 Å². The monoisotopic (exact) mass is 275 g/mol. The molecular weight excluding hydrogens is 254 g/mol. The second-order valence-electron chi connectivity index (χ2n) is 5.60. The number of carbonyl (C=O) groups excluding carboxylic acids is 1. The fourth-order valence-electron chi connectivity index (χ4n) is 3.07. The number of methoxy groups -OCH3 is 1. The van der Waals surface area contributed by atoms with Gasteiger partial charge in [0.2, 0.25) is 0 Å². The molecule has 2 unspecified atom stereocenters. The van der Waals surface area contributed by atoms with Gasteiger partial charge < -0.3 is 14.8 Å². The summed E-state index contributed by atoms with van der Waals surface area (Å²) in [6.45, 7) is 0.950. The van der Waals surface area contributed by atoms with Gasteiger partial charge in [0.1, 0.15) is 6.10 Å². The number of hydrogen-bond acceptors (Lipinski definition) is 4. The lowest BCUT2D eigenvalue weighted by Gasteiger charge is -2.27. The quantitative estimate of drug-likeness (QED) is 0.862. The van der Waals surface area contributed by atoms with E-state index in [1.54, 1.807) is 7.11 Å². The standard InChI is InChI=1S/C16H21NO3/c1-19-13-3-2-4-14(10-13)20-16(18)12-5-6-15-11(9-12)7-8-17-15/h5-6,9,13-14,17H,2-4,7-8,10H2,1H3. The fourth-order valence-corrected chi connectivity index (χ4v) is 3.07. The third-order valence-corrected chi connectivity index (χ3v) is 4.24. The van der Waals surface area contributed by atoms with Crippen LogP contribution < -0.4 is 5.32 Å². The summed E-state index contributed by atoms with van der Waals surface area (Å²) < 4.78 is 11.0. The largest absolute Gasteiger partial charge is 0.459 e. The van der Waals surface area contributed by atoms with Crippen LogP contribution in [0.15, 0.2) is 18.2 Å². The van der Waals surface area contributed by atoms with Gasteiger partial charge in [0.25, 0.3) is 0 Å². The summed E-state index contributed by atoms with van der Waals surface area (Å²) in [6, 6.07) is 5.77. The van der Waals surface area contributed by atoms with Crippen molar-refractivity contribution in [1.82, 2.24) is 0 Å². The van der Waals surface area contributed by atoms with Crippen molar-refractivity contribution in [3.63, 3.8) is 0 Å². The summed E-state index contributed by atoms with van der Waals surface area (Å²) in [7, 11) is 1.72. The van der Waals surface area contributed by atoms with Crippen LogP contribution in [0.25, 0.3) is 0 Å². The van der Waals surface area contributed by atoms with Crippen molar-refractivity contribution in [1.29, 1.82) is 0 Å². The number of fused-ring (bicyclic) bond motifs is 1. The number of esters is 1. The summed E-state index contributed by atoms with van der Waals surface area (Å²) in [5.74, 6) is -0.207. The van der Waals surface area contributed by atoms with Crippen molar-refractivity contribution < 1.29 is 14.3 Å². The molecule has 0 bridgehead atoms. The van der Waals surface area contributed by atoms with Gasteiger partial charge in [-0.15, -0.1) is 0 Å². The topological polar surface area (TPSA) is 47.6 Å². The van der Waals surface area contributed by atoms with Gasteiger partial charge in [-0.3, -0.25) is 0 Å². The number of nitrogens with one attached hydrogen (secondary N) is 1. The Labute approximate surface area is 119 Å². The minimum atomic E-state index is -0.207. The predicted molar refractivity (Wildman–Crippen MR) is 77.1 cm³/mol. The Kier molecular flexibility index (Phi) is 3.92. The Morgan fingerprint density at radius 1 is 1.30 bits per heavy atom. The highest BCUT2D eigenvalue weighted by atomic mass is 16.5. The van der Waals surface area contributed by atoms with Crippen molar-refractivity contribution >= 4 is 11.7 Å². The van der Waals surface area contributed by atoms with Crippen LogP contribution in [-0.2, 0) is 15.9 Å². The van der Waals surface area contributed by atoms with Crippen LogP contribution >= 0.6 is 0 Å². The smallest absolute Gasteiger partial charge is 0.338 e. The molecular formula is C16H21NO3. The van der Waals surface area contributed by atoms with E-state index < -0.39 is 0 Å². The predicted octanol–water partition coefficient (Wildman–Crippen LogP) is 2.77. The minimum absolute atomic E-state index is 0.00687. The van der Waals surface area contributed by atoms with Gasteiger partial charge in [-0.1, -0.05) is 0 Å². The second kappa shape index (κ2) is 5.83. The van der Waals surface area contributed by atoms with Crippen LogP contribution in [0.5, 0.6) is 0 Å². The number of hydrogen-bond donors (Lipinski definition) is 1. The lowest BCUT2D eigenvalue weighted by molar-refractivity contribution is -0.0149. The zero-order chi connectivity index (χ0) is 13.9. The summed E-state index contributed by atoms with van der Waals surface area (Å²) in [5.41, 5.74) is 3.00. The highest BCUT2D eigenvalue weighted by Gasteiger charge is 2.25. The maximum absolute atomic E-state index is 12.2.